The minimum absolute atomic E-state index is 0.209. The molecular formula is C10H14BrNO2S. The van der Waals surface area contributed by atoms with Crippen molar-refractivity contribution in [3.8, 4) is 0 Å². The van der Waals surface area contributed by atoms with Crippen LogP contribution < -0.4 is 0 Å². The van der Waals surface area contributed by atoms with Gasteiger partial charge in [0.25, 0.3) is 0 Å². The minimum Gasteiger partial charge on any atom is -0.481 e. The highest BCUT2D eigenvalue weighted by atomic mass is 79.9. The minimum atomic E-state index is -0.735. The molecule has 0 amide bonds. The number of hydrogen-bond acceptors (Lipinski definition) is 3. The van der Waals surface area contributed by atoms with E-state index in [0.717, 1.165) is 16.9 Å². The number of nitrogens with zero attached hydrogens (tertiary/aromatic N) is 1. The highest BCUT2D eigenvalue weighted by Gasteiger charge is 2.07. The van der Waals surface area contributed by atoms with Crippen molar-refractivity contribution < 1.29 is 9.90 Å². The predicted molar refractivity (Wildman–Crippen MR) is 65.2 cm³/mol. The van der Waals surface area contributed by atoms with E-state index in [1.54, 1.807) is 11.3 Å². The molecule has 0 aliphatic heterocycles. The highest BCUT2D eigenvalue weighted by molar-refractivity contribution is 9.11. The zero-order chi connectivity index (χ0) is 11.3. The van der Waals surface area contributed by atoms with Gasteiger partial charge in [0.2, 0.25) is 0 Å². The summed E-state index contributed by atoms with van der Waals surface area (Å²) in [6.07, 6.45) is 0.209. The SMILES string of the molecule is CCN(CCC(=O)O)Cc1ccc(Br)s1. The van der Waals surface area contributed by atoms with E-state index >= 15 is 0 Å². The maximum Gasteiger partial charge on any atom is 0.304 e. The van der Waals surface area contributed by atoms with Crippen LogP contribution in [0.5, 0.6) is 0 Å². The Balaban J connectivity index is 2.42. The first-order valence-corrected chi connectivity index (χ1v) is 6.41. The number of rotatable bonds is 6. The van der Waals surface area contributed by atoms with Gasteiger partial charge in [0.15, 0.2) is 0 Å². The van der Waals surface area contributed by atoms with E-state index in [4.69, 9.17) is 5.11 Å². The molecule has 0 saturated heterocycles. The molecule has 1 heterocycles. The van der Waals surface area contributed by atoms with Crippen molar-refractivity contribution in [1.82, 2.24) is 4.90 Å². The van der Waals surface area contributed by atoms with Crippen LogP contribution >= 0.6 is 27.3 Å². The first kappa shape index (κ1) is 12.7. The summed E-state index contributed by atoms with van der Waals surface area (Å²) in [6.45, 7) is 4.37. The topological polar surface area (TPSA) is 40.5 Å². The van der Waals surface area contributed by atoms with Gasteiger partial charge in [0.05, 0.1) is 10.2 Å². The van der Waals surface area contributed by atoms with Crippen molar-refractivity contribution in [1.29, 1.82) is 0 Å². The second kappa shape index (κ2) is 6.25. The molecule has 0 spiro atoms. The summed E-state index contributed by atoms with van der Waals surface area (Å²) in [6, 6.07) is 4.09. The van der Waals surface area contributed by atoms with E-state index in [-0.39, 0.29) is 6.42 Å². The average Bonchev–Trinajstić information content (AvgIpc) is 2.58. The molecule has 84 valence electrons. The standard InChI is InChI=1S/C10H14BrNO2S/c1-2-12(6-5-10(13)14)7-8-3-4-9(11)15-8/h3-4H,2,5-7H2,1H3,(H,13,14). The molecule has 1 rings (SSSR count). The molecule has 0 radical (unpaired) electrons. The highest BCUT2D eigenvalue weighted by Crippen LogP contribution is 2.23. The summed E-state index contributed by atoms with van der Waals surface area (Å²) >= 11 is 5.11. The van der Waals surface area contributed by atoms with Gasteiger partial charge in [-0.25, -0.2) is 0 Å². The summed E-state index contributed by atoms with van der Waals surface area (Å²) in [5, 5.41) is 8.60. The average molecular weight is 292 g/mol. The second-order valence-corrected chi connectivity index (χ2v) is 5.77. The third kappa shape index (κ3) is 4.77. The lowest BCUT2D eigenvalue weighted by Crippen LogP contribution is -2.25. The van der Waals surface area contributed by atoms with Crippen LogP contribution in [0, 0.1) is 0 Å². The van der Waals surface area contributed by atoms with Gasteiger partial charge in [-0.2, -0.15) is 0 Å². The Bertz CT molecular complexity index is 327. The lowest BCUT2D eigenvalue weighted by Gasteiger charge is -2.18. The number of thiophene rings is 1. The van der Waals surface area contributed by atoms with Gasteiger partial charge in [0, 0.05) is 18.0 Å². The zero-order valence-electron chi connectivity index (χ0n) is 8.57. The maximum absolute atomic E-state index is 10.4. The van der Waals surface area contributed by atoms with E-state index in [1.807, 2.05) is 13.0 Å². The Labute approximate surface area is 102 Å². The van der Waals surface area contributed by atoms with Crippen LogP contribution in [0.1, 0.15) is 18.2 Å². The second-order valence-electron chi connectivity index (χ2n) is 3.22. The quantitative estimate of drug-likeness (QED) is 0.876. The Morgan fingerprint density at radius 3 is 2.80 bits per heavy atom. The van der Waals surface area contributed by atoms with Crippen molar-refractivity contribution in [2.24, 2.45) is 0 Å². The third-order valence-corrected chi connectivity index (χ3v) is 3.71. The van der Waals surface area contributed by atoms with Crippen LogP contribution in [0.25, 0.3) is 0 Å². The molecule has 15 heavy (non-hydrogen) atoms. The summed E-state index contributed by atoms with van der Waals surface area (Å²) in [5.74, 6) is -0.735. The Morgan fingerprint density at radius 2 is 2.33 bits per heavy atom. The molecule has 1 aromatic heterocycles. The summed E-state index contributed by atoms with van der Waals surface area (Å²) in [7, 11) is 0. The molecule has 0 aliphatic rings. The Hall–Kier alpha value is -0.390. The van der Waals surface area contributed by atoms with Crippen LogP contribution in [-0.2, 0) is 11.3 Å². The van der Waals surface area contributed by atoms with Crippen LogP contribution in [0.4, 0.5) is 0 Å². The molecule has 0 unspecified atom stereocenters. The van der Waals surface area contributed by atoms with E-state index in [9.17, 15) is 4.79 Å². The molecule has 0 aliphatic carbocycles. The number of carboxylic acid groups (broad SMARTS) is 1. The Kier molecular flexibility index (Phi) is 5.28. The first-order valence-electron chi connectivity index (χ1n) is 4.80. The number of aliphatic carboxylic acids is 1. The van der Waals surface area contributed by atoms with E-state index in [1.165, 1.54) is 4.88 Å². The van der Waals surface area contributed by atoms with Gasteiger partial charge in [-0.3, -0.25) is 9.69 Å². The number of halogens is 1. The molecule has 0 atom stereocenters. The van der Waals surface area contributed by atoms with Gasteiger partial charge in [-0.15, -0.1) is 11.3 Å². The molecule has 0 bridgehead atoms. The van der Waals surface area contributed by atoms with Gasteiger partial charge < -0.3 is 5.11 Å². The molecule has 0 aromatic carbocycles. The molecule has 1 aromatic rings. The summed E-state index contributed by atoms with van der Waals surface area (Å²) in [4.78, 5) is 13.8. The van der Waals surface area contributed by atoms with E-state index in [0.29, 0.717) is 6.54 Å². The normalized spacial score (nSPS) is 10.9. The van der Waals surface area contributed by atoms with Crippen LogP contribution in [-0.4, -0.2) is 29.1 Å². The lowest BCUT2D eigenvalue weighted by atomic mass is 10.3. The lowest BCUT2D eigenvalue weighted by molar-refractivity contribution is -0.137. The van der Waals surface area contributed by atoms with E-state index in [2.05, 4.69) is 26.9 Å². The van der Waals surface area contributed by atoms with Crippen LogP contribution in [0.2, 0.25) is 0 Å². The predicted octanol–water partition coefficient (Wildman–Crippen LogP) is 2.81. The van der Waals surface area contributed by atoms with Crippen molar-refractivity contribution in [3.05, 3.63) is 20.8 Å². The van der Waals surface area contributed by atoms with Crippen molar-refractivity contribution in [3.63, 3.8) is 0 Å². The largest absolute Gasteiger partial charge is 0.481 e. The van der Waals surface area contributed by atoms with Crippen LogP contribution in [0.15, 0.2) is 15.9 Å². The van der Waals surface area contributed by atoms with Gasteiger partial charge in [0.1, 0.15) is 0 Å². The zero-order valence-corrected chi connectivity index (χ0v) is 11.0. The van der Waals surface area contributed by atoms with Crippen molar-refractivity contribution >= 4 is 33.2 Å². The number of hydrogen-bond donors (Lipinski definition) is 1. The molecule has 5 heteroatoms. The fraction of sp³-hybridized carbons (Fsp3) is 0.500. The monoisotopic (exact) mass is 291 g/mol. The molecule has 1 N–H and O–H groups in total. The van der Waals surface area contributed by atoms with Gasteiger partial charge in [-0.05, 0) is 34.6 Å². The van der Waals surface area contributed by atoms with E-state index < -0.39 is 5.97 Å². The summed E-state index contributed by atoms with van der Waals surface area (Å²) < 4.78 is 1.12. The molecule has 0 saturated carbocycles. The Morgan fingerprint density at radius 1 is 1.60 bits per heavy atom. The van der Waals surface area contributed by atoms with Crippen LogP contribution in [0.3, 0.4) is 0 Å². The molecule has 3 nitrogen and oxygen atoms in total. The van der Waals surface area contributed by atoms with Gasteiger partial charge in [-0.1, -0.05) is 6.92 Å². The van der Waals surface area contributed by atoms with Gasteiger partial charge >= 0.3 is 5.97 Å². The fourth-order valence-electron chi connectivity index (χ4n) is 1.26. The summed E-state index contributed by atoms with van der Waals surface area (Å²) in [5.41, 5.74) is 0. The maximum atomic E-state index is 10.4. The molecular weight excluding hydrogens is 278 g/mol. The molecule has 0 fully saturated rings. The fourth-order valence-corrected chi connectivity index (χ4v) is 2.79. The van der Waals surface area contributed by atoms with Crippen molar-refractivity contribution in [2.75, 3.05) is 13.1 Å². The smallest absolute Gasteiger partial charge is 0.304 e. The third-order valence-electron chi connectivity index (χ3n) is 2.10. The number of carboxylic acids is 1. The first-order chi connectivity index (χ1) is 7.11. The van der Waals surface area contributed by atoms with Crippen molar-refractivity contribution in [2.45, 2.75) is 19.9 Å². The number of carbonyl (C=O) groups is 1.